The van der Waals surface area contributed by atoms with Crippen molar-refractivity contribution >= 4 is 34.6 Å². The third kappa shape index (κ3) is 4.03. The Balaban J connectivity index is 2.00. The third-order valence-electron chi connectivity index (χ3n) is 3.79. The minimum atomic E-state index is -0.132. The number of aromatic nitrogens is 1. The van der Waals surface area contributed by atoms with Crippen molar-refractivity contribution in [2.24, 2.45) is 4.99 Å². The highest BCUT2D eigenvalue weighted by molar-refractivity contribution is 8.18. The van der Waals surface area contributed by atoms with Crippen LogP contribution in [-0.4, -0.2) is 41.7 Å². The van der Waals surface area contributed by atoms with Crippen LogP contribution in [0, 0.1) is 0 Å². The smallest absolute Gasteiger partial charge is 0.267 e. The monoisotopic (exact) mass is 381 g/mol. The van der Waals surface area contributed by atoms with Crippen molar-refractivity contribution in [3.63, 3.8) is 0 Å². The summed E-state index contributed by atoms with van der Waals surface area (Å²) in [5.74, 6) is 1.05. The maximum atomic E-state index is 12.9. The molecule has 0 saturated carbocycles. The molecular weight excluding hydrogens is 362 g/mol. The number of nitrogens with zero attached hydrogens (tertiary/aromatic N) is 3. The van der Waals surface area contributed by atoms with Crippen molar-refractivity contribution < 1.29 is 14.3 Å². The first-order valence-corrected chi connectivity index (χ1v) is 9.01. The summed E-state index contributed by atoms with van der Waals surface area (Å²) in [6.45, 7) is 4.11. The molecular formula is C20H19N3O3S. The number of hydrogen-bond donors (Lipinski definition) is 0. The molecule has 2 aromatic rings. The number of pyridine rings is 1. The van der Waals surface area contributed by atoms with Crippen LogP contribution in [0.2, 0.25) is 0 Å². The molecule has 6 nitrogen and oxygen atoms in total. The van der Waals surface area contributed by atoms with Crippen molar-refractivity contribution in [1.29, 1.82) is 0 Å². The van der Waals surface area contributed by atoms with Crippen LogP contribution >= 0.6 is 11.8 Å². The fourth-order valence-electron chi connectivity index (χ4n) is 2.58. The molecule has 0 aliphatic carbocycles. The molecule has 1 fully saturated rings. The molecule has 27 heavy (non-hydrogen) atoms. The van der Waals surface area contributed by atoms with Gasteiger partial charge in [-0.15, -0.1) is 6.58 Å². The Morgan fingerprint density at radius 3 is 2.78 bits per heavy atom. The Bertz CT molecular complexity index is 910. The van der Waals surface area contributed by atoms with Crippen LogP contribution in [0.25, 0.3) is 6.08 Å². The third-order valence-corrected chi connectivity index (χ3v) is 4.80. The highest BCUT2D eigenvalue weighted by atomic mass is 32.2. The molecule has 0 N–H and O–H groups in total. The van der Waals surface area contributed by atoms with Crippen LogP contribution in [0.3, 0.4) is 0 Å². The molecule has 1 saturated heterocycles. The van der Waals surface area contributed by atoms with Gasteiger partial charge in [0, 0.05) is 18.3 Å². The molecule has 0 bridgehead atoms. The van der Waals surface area contributed by atoms with Gasteiger partial charge in [0.05, 0.1) is 31.0 Å². The number of methoxy groups -OCH3 is 2. The second-order valence-corrected chi connectivity index (χ2v) is 6.51. The van der Waals surface area contributed by atoms with E-state index in [-0.39, 0.29) is 5.91 Å². The second kappa shape index (κ2) is 8.55. The van der Waals surface area contributed by atoms with Crippen LogP contribution in [0.4, 0.5) is 5.69 Å². The van der Waals surface area contributed by atoms with Crippen molar-refractivity contribution in [1.82, 2.24) is 9.88 Å². The summed E-state index contributed by atoms with van der Waals surface area (Å²) in [5, 5.41) is 0.584. The van der Waals surface area contributed by atoms with Gasteiger partial charge in [0.15, 0.2) is 16.7 Å². The lowest BCUT2D eigenvalue weighted by Crippen LogP contribution is -2.29. The maximum Gasteiger partial charge on any atom is 0.267 e. The molecule has 3 rings (SSSR count). The zero-order valence-corrected chi connectivity index (χ0v) is 15.9. The van der Waals surface area contributed by atoms with Crippen molar-refractivity contribution in [3.8, 4) is 11.5 Å². The van der Waals surface area contributed by atoms with E-state index in [1.807, 2.05) is 24.3 Å². The van der Waals surface area contributed by atoms with Gasteiger partial charge < -0.3 is 9.47 Å². The maximum absolute atomic E-state index is 12.9. The van der Waals surface area contributed by atoms with Gasteiger partial charge in [0.1, 0.15) is 0 Å². The summed E-state index contributed by atoms with van der Waals surface area (Å²) in [6, 6.07) is 9.17. The molecule has 1 amide bonds. The predicted molar refractivity (Wildman–Crippen MR) is 108 cm³/mol. The molecule has 1 aromatic heterocycles. The second-order valence-electron chi connectivity index (χ2n) is 5.50. The fourth-order valence-corrected chi connectivity index (χ4v) is 3.58. The quantitative estimate of drug-likeness (QED) is 0.561. The van der Waals surface area contributed by atoms with E-state index in [0.29, 0.717) is 33.8 Å². The first kappa shape index (κ1) is 18.7. The lowest BCUT2D eigenvalue weighted by molar-refractivity contribution is -0.121. The predicted octanol–water partition coefficient (Wildman–Crippen LogP) is 3.89. The van der Waals surface area contributed by atoms with E-state index in [0.717, 1.165) is 5.56 Å². The highest BCUT2D eigenvalue weighted by Gasteiger charge is 2.33. The first-order chi connectivity index (χ1) is 13.2. The van der Waals surface area contributed by atoms with Gasteiger partial charge in [-0.25, -0.2) is 4.99 Å². The van der Waals surface area contributed by atoms with E-state index in [1.54, 1.807) is 49.7 Å². The summed E-state index contributed by atoms with van der Waals surface area (Å²) in [6.07, 6.45) is 6.79. The Kier molecular flexibility index (Phi) is 5.93. The lowest BCUT2D eigenvalue weighted by Gasteiger charge is -2.12. The van der Waals surface area contributed by atoms with E-state index in [1.165, 1.54) is 11.8 Å². The highest BCUT2D eigenvalue weighted by Crippen LogP contribution is 2.37. The number of para-hydroxylation sites is 1. The minimum Gasteiger partial charge on any atom is -0.493 e. The Labute approximate surface area is 162 Å². The van der Waals surface area contributed by atoms with Crippen LogP contribution in [0.1, 0.15) is 5.56 Å². The average molecular weight is 381 g/mol. The summed E-state index contributed by atoms with van der Waals surface area (Å²) in [5.41, 5.74) is 1.44. The molecule has 0 unspecified atom stereocenters. The van der Waals surface area contributed by atoms with Crippen LogP contribution in [0.5, 0.6) is 11.5 Å². The topological polar surface area (TPSA) is 64.0 Å². The SMILES string of the molecule is C=CCN1C(=O)/C(=C/c2cccc(OC)c2OC)SC1=Nc1cccnc1. The van der Waals surface area contributed by atoms with E-state index in [2.05, 4.69) is 16.6 Å². The average Bonchev–Trinajstić information content (AvgIpc) is 2.97. The Morgan fingerprint density at radius 2 is 2.11 bits per heavy atom. The Hall–Kier alpha value is -3.06. The molecule has 7 heteroatoms. The van der Waals surface area contributed by atoms with E-state index in [4.69, 9.17) is 9.47 Å². The normalized spacial score (nSPS) is 16.8. The lowest BCUT2D eigenvalue weighted by atomic mass is 10.1. The minimum absolute atomic E-state index is 0.132. The van der Waals surface area contributed by atoms with E-state index >= 15 is 0 Å². The van der Waals surface area contributed by atoms with E-state index in [9.17, 15) is 4.79 Å². The number of amidine groups is 1. The molecule has 0 radical (unpaired) electrons. The number of hydrogen-bond acceptors (Lipinski definition) is 6. The molecule has 1 aliphatic rings. The molecule has 138 valence electrons. The molecule has 1 aliphatic heterocycles. The zero-order chi connectivity index (χ0) is 19.2. The molecule has 2 heterocycles. The summed E-state index contributed by atoms with van der Waals surface area (Å²) in [7, 11) is 3.15. The van der Waals surface area contributed by atoms with Crippen molar-refractivity contribution in [2.75, 3.05) is 20.8 Å². The zero-order valence-electron chi connectivity index (χ0n) is 15.1. The number of thioether (sulfide) groups is 1. The van der Waals surface area contributed by atoms with Crippen LogP contribution < -0.4 is 9.47 Å². The standard InChI is InChI=1S/C20H19N3O3S/c1-4-11-23-19(24)17(27-20(23)22-15-8-6-10-21-13-15)12-14-7-5-9-16(25-2)18(14)26-3/h4-10,12-13H,1,11H2,2-3H3/b17-12-,22-20?. The molecule has 0 atom stereocenters. The van der Waals surface area contributed by atoms with Gasteiger partial charge in [-0.1, -0.05) is 18.2 Å². The van der Waals surface area contributed by atoms with Crippen LogP contribution in [0.15, 0.2) is 65.3 Å². The molecule has 0 spiro atoms. The number of benzene rings is 1. The van der Waals surface area contributed by atoms with Gasteiger partial charge >= 0.3 is 0 Å². The van der Waals surface area contributed by atoms with Crippen molar-refractivity contribution in [2.45, 2.75) is 0 Å². The number of amides is 1. The number of ether oxygens (including phenoxy) is 2. The fraction of sp³-hybridized carbons (Fsp3) is 0.150. The summed E-state index contributed by atoms with van der Waals surface area (Å²) in [4.78, 5) is 23.6. The number of carbonyl (C=O) groups is 1. The summed E-state index contributed by atoms with van der Waals surface area (Å²) < 4.78 is 10.8. The van der Waals surface area contributed by atoms with Gasteiger partial charge in [0.2, 0.25) is 0 Å². The first-order valence-electron chi connectivity index (χ1n) is 8.20. The number of carbonyl (C=O) groups excluding carboxylic acids is 1. The Morgan fingerprint density at radius 1 is 1.26 bits per heavy atom. The molecule has 1 aromatic carbocycles. The van der Waals surface area contributed by atoms with Crippen molar-refractivity contribution in [3.05, 3.63) is 65.8 Å². The van der Waals surface area contributed by atoms with Gasteiger partial charge in [-0.05, 0) is 36.0 Å². The number of rotatable bonds is 6. The van der Waals surface area contributed by atoms with E-state index < -0.39 is 0 Å². The van der Waals surface area contributed by atoms with Crippen LogP contribution in [-0.2, 0) is 4.79 Å². The number of aliphatic imine (C=N–C) groups is 1. The van der Waals surface area contributed by atoms with Gasteiger partial charge in [0.25, 0.3) is 5.91 Å². The van der Waals surface area contributed by atoms with Gasteiger partial charge in [-0.3, -0.25) is 14.7 Å². The summed E-state index contributed by atoms with van der Waals surface area (Å²) >= 11 is 1.30. The van der Waals surface area contributed by atoms with Gasteiger partial charge in [-0.2, -0.15) is 0 Å². The largest absolute Gasteiger partial charge is 0.493 e.